The molecule has 3 nitrogen and oxygen atoms in total. The van der Waals surface area contributed by atoms with Crippen molar-refractivity contribution >= 4 is 23.2 Å². The van der Waals surface area contributed by atoms with Crippen molar-refractivity contribution in [1.29, 1.82) is 0 Å². The number of nitrogens with zero attached hydrogens (tertiary/aromatic N) is 1. The normalized spacial score (nSPS) is 12.2. The number of aryl methyl sites for hydroxylation is 1. The third kappa shape index (κ3) is 4.51. The van der Waals surface area contributed by atoms with Crippen molar-refractivity contribution in [3.63, 3.8) is 0 Å². The number of benzene rings is 1. The Kier molecular flexibility index (Phi) is 5.14. The number of rotatable bonds is 2. The van der Waals surface area contributed by atoms with Crippen LogP contribution in [0.4, 0.5) is 18.9 Å². The second-order valence-electron chi connectivity index (χ2n) is 6.78. The minimum Gasteiger partial charge on any atom is -0.319 e. The molecule has 1 heterocycles. The van der Waals surface area contributed by atoms with Gasteiger partial charge in [-0.1, -0.05) is 32.4 Å². The number of carbonyl (C=O) groups excluding carboxylic acids is 1. The minimum absolute atomic E-state index is 0.178. The molecule has 0 saturated carbocycles. The Morgan fingerprint density at radius 3 is 2.36 bits per heavy atom. The fourth-order valence-electron chi connectivity index (χ4n) is 2.49. The number of halogens is 4. The molecular formula is C18H18ClF3N2O. The van der Waals surface area contributed by atoms with E-state index in [9.17, 15) is 18.0 Å². The third-order valence-electron chi connectivity index (χ3n) is 3.69. The Balaban J connectivity index is 2.36. The number of anilines is 1. The summed E-state index contributed by atoms with van der Waals surface area (Å²) in [6.07, 6.45) is -3.59. The Morgan fingerprint density at radius 2 is 1.80 bits per heavy atom. The lowest BCUT2D eigenvalue weighted by Gasteiger charge is -2.23. The van der Waals surface area contributed by atoms with Gasteiger partial charge in [0.15, 0.2) is 0 Å². The largest absolute Gasteiger partial charge is 0.416 e. The maximum Gasteiger partial charge on any atom is 0.416 e. The second kappa shape index (κ2) is 6.67. The van der Waals surface area contributed by atoms with Gasteiger partial charge in [0, 0.05) is 6.20 Å². The van der Waals surface area contributed by atoms with Crippen LogP contribution in [0.25, 0.3) is 0 Å². The topological polar surface area (TPSA) is 42.0 Å². The van der Waals surface area contributed by atoms with Gasteiger partial charge in [-0.25, -0.2) is 0 Å². The van der Waals surface area contributed by atoms with E-state index >= 15 is 0 Å². The summed E-state index contributed by atoms with van der Waals surface area (Å²) in [5.41, 5.74) is 0.836. The van der Waals surface area contributed by atoms with Crippen LogP contribution in [0.3, 0.4) is 0 Å². The van der Waals surface area contributed by atoms with Gasteiger partial charge in [-0.2, -0.15) is 13.2 Å². The molecule has 0 spiro atoms. The zero-order valence-corrected chi connectivity index (χ0v) is 15.0. The third-order valence-corrected chi connectivity index (χ3v) is 4.00. The summed E-state index contributed by atoms with van der Waals surface area (Å²) in [6.45, 7) is 7.96. The SMILES string of the molecule is Cc1cc(Cl)c(NC(=O)c2cc(C(F)(F)F)ccn2)cc1C(C)(C)C. The van der Waals surface area contributed by atoms with E-state index in [4.69, 9.17) is 11.6 Å². The van der Waals surface area contributed by atoms with Crippen LogP contribution in [0, 0.1) is 6.92 Å². The predicted octanol–water partition coefficient (Wildman–Crippen LogP) is 5.61. The standard InChI is InChI=1S/C18H18ClF3N2O/c1-10-7-13(19)14(9-12(10)17(2,3)4)24-16(25)15-8-11(5-6-23-15)18(20,21)22/h5-9H,1-4H3,(H,24,25). The molecule has 134 valence electrons. The first-order valence-electron chi connectivity index (χ1n) is 7.55. The Labute approximate surface area is 149 Å². The van der Waals surface area contributed by atoms with Crippen LogP contribution in [-0.2, 0) is 11.6 Å². The monoisotopic (exact) mass is 370 g/mol. The summed E-state index contributed by atoms with van der Waals surface area (Å²) in [7, 11) is 0. The highest BCUT2D eigenvalue weighted by molar-refractivity contribution is 6.34. The lowest BCUT2D eigenvalue weighted by molar-refractivity contribution is -0.137. The Bertz CT molecular complexity index is 811. The molecule has 0 unspecified atom stereocenters. The zero-order chi connectivity index (χ0) is 19.0. The minimum atomic E-state index is -4.54. The van der Waals surface area contributed by atoms with E-state index in [2.05, 4.69) is 10.3 Å². The van der Waals surface area contributed by atoms with E-state index in [1.54, 1.807) is 12.1 Å². The summed E-state index contributed by atoms with van der Waals surface area (Å²) in [5, 5.41) is 2.86. The van der Waals surface area contributed by atoms with Gasteiger partial charge in [0.25, 0.3) is 5.91 Å². The Morgan fingerprint density at radius 1 is 1.16 bits per heavy atom. The molecule has 0 saturated heterocycles. The highest BCUT2D eigenvalue weighted by Crippen LogP contribution is 2.33. The molecule has 25 heavy (non-hydrogen) atoms. The average molecular weight is 371 g/mol. The van der Waals surface area contributed by atoms with Crippen LogP contribution in [-0.4, -0.2) is 10.9 Å². The summed E-state index contributed by atoms with van der Waals surface area (Å²) in [5.74, 6) is -0.753. The van der Waals surface area contributed by atoms with Crippen LogP contribution in [0.1, 0.15) is 48.0 Å². The molecule has 1 amide bonds. The van der Waals surface area contributed by atoms with Crippen molar-refractivity contribution in [1.82, 2.24) is 4.98 Å². The van der Waals surface area contributed by atoms with Crippen molar-refractivity contribution in [3.05, 3.63) is 57.9 Å². The molecule has 2 rings (SSSR count). The van der Waals surface area contributed by atoms with E-state index in [1.807, 2.05) is 27.7 Å². The highest BCUT2D eigenvalue weighted by Gasteiger charge is 2.31. The van der Waals surface area contributed by atoms with Gasteiger partial charge in [-0.05, 0) is 47.7 Å². The van der Waals surface area contributed by atoms with E-state index in [0.717, 1.165) is 23.4 Å². The van der Waals surface area contributed by atoms with E-state index in [-0.39, 0.29) is 11.1 Å². The van der Waals surface area contributed by atoms with Crippen LogP contribution < -0.4 is 5.32 Å². The number of hydrogen-bond acceptors (Lipinski definition) is 2. The first-order chi connectivity index (χ1) is 11.4. The molecular weight excluding hydrogens is 353 g/mol. The fourth-order valence-corrected chi connectivity index (χ4v) is 2.76. The zero-order valence-electron chi connectivity index (χ0n) is 14.3. The number of pyridine rings is 1. The van der Waals surface area contributed by atoms with Gasteiger partial charge < -0.3 is 5.32 Å². The maximum atomic E-state index is 12.8. The lowest BCUT2D eigenvalue weighted by Crippen LogP contribution is -2.18. The first kappa shape index (κ1) is 19.2. The molecule has 0 aliphatic carbocycles. The van der Waals surface area contributed by atoms with E-state index in [0.29, 0.717) is 16.8 Å². The molecule has 1 aromatic heterocycles. The molecule has 0 aliphatic heterocycles. The van der Waals surface area contributed by atoms with Crippen LogP contribution in [0.2, 0.25) is 5.02 Å². The first-order valence-corrected chi connectivity index (χ1v) is 7.92. The molecule has 0 bridgehead atoms. The number of amides is 1. The van der Waals surface area contributed by atoms with Gasteiger partial charge in [-0.15, -0.1) is 0 Å². The summed E-state index contributed by atoms with van der Waals surface area (Å²) >= 11 is 6.17. The molecule has 1 aromatic carbocycles. The van der Waals surface area contributed by atoms with E-state index < -0.39 is 17.6 Å². The summed E-state index contributed by atoms with van der Waals surface area (Å²) in [6, 6.07) is 4.98. The highest BCUT2D eigenvalue weighted by atomic mass is 35.5. The Hall–Kier alpha value is -2.08. The van der Waals surface area contributed by atoms with Gasteiger partial charge >= 0.3 is 6.18 Å². The number of aromatic nitrogens is 1. The van der Waals surface area contributed by atoms with Gasteiger partial charge in [-0.3, -0.25) is 9.78 Å². The van der Waals surface area contributed by atoms with Crippen LogP contribution in [0.15, 0.2) is 30.5 Å². The van der Waals surface area contributed by atoms with E-state index in [1.165, 1.54) is 0 Å². The molecule has 7 heteroatoms. The second-order valence-corrected chi connectivity index (χ2v) is 7.19. The number of nitrogens with one attached hydrogen (secondary N) is 1. The van der Waals surface area contributed by atoms with Crippen molar-refractivity contribution in [2.75, 3.05) is 5.32 Å². The summed E-state index contributed by atoms with van der Waals surface area (Å²) < 4.78 is 38.3. The van der Waals surface area contributed by atoms with Crippen molar-refractivity contribution in [3.8, 4) is 0 Å². The quantitative estimate of drug-likeness (QED) is 0.746. The number of carbonyl (C=O) groups is 1. The van der Waals surface area contributed by atoms with Crippen LogP contribution >= 0.6 is 11.6 Å². The summed E-state index contributed by atoms with van der Waals surface area (Å²) in [4.78, 5) is 16.0. The maximum absolute atomic E-state index is 12.8. The number of hydrogen-bond donors (Lipinski definition) is 1. The molecule has 0 atom stereocenters. The lowest BCUT2D eigenvalue weighted by atomic mass is 9.84. The molecule has 2 aromatic rings. The van der Waals surface area contributed by atoms with Gasteiger partial charge in [0.1, 0.15) is 5.69 Å². The van der Waals surface area contributed by atoms with Crippen molar-refractivity contribution in [2.24, 2.45) is 0 Å². The molecule has 0 fully saturated rings. The molecule has 0 aliphatic rings. The van der Waals surface area contributed by atoms with Crippen LogP contribution in [0.5, 0.6) is 0 Å². The fraction of sp³-hybridized carbons (Fsp3) is 0.333. The predicted molar refractivity (Wildman–Crippen MR) is 92.1 cm³/mol. The van der Waals surface area contributed by atoms with Crippen molar-refractivity contribution < 1.29 is 18.0 Å². The molecule has 0 radical (unpaired) electrons. The smallest absolute Gasteiger partial charge is 0.319 e. The average Bonchev–Trinajstić information content (AvgIpc) is 2.48. The molecule has 1 N–H and O–H groups in total. The van der Waals surface area contributed by atoms with Gasteiger partial charge in [0.05, 0.1) is 16.3 Å². The number of alkyl halides is 3. The van der Waals surface area contributed by atoms with Crippen molar-refractivity contribution in [2.45, 2.75) is 39.3 Å². The van der Waals surface area contributed by atoms with Gasteiger partial charge in [0.2, 0.25) is 0 Å².